The van der Waals surface area contributed by atoms with Crippen LogP contribution in [-0.2, 0) is 16.6 Å². The van der Waals surface area contributed by atoms with E-state index in [2.05, 4.69) is 15.5 Å². The smallest absolute Gasteiger partial charge is 0.272 e. The van der Waals surface area contributed by atoms with Crippen molar-refractivity contribution in [3.8, 4) is 6.07 Å². The van der Waals surface area contributed by atoms with Crippen LogP contribution in [0.5, 0.6) is 0 Å². The van der Waals surface area contributed by atoms with E-state index in [1.165, 1.54) is 28.6 Å². The first kappa shape index (κ1) is 20.8. The van der Waals surface area contributed by atoms with E-state index >= 15 is 0 Å². The molecule has 3 heterocycles. The Morgan fingerprint density at radius 1 is 1.26 bits per heavy atom. The number of carbonyl (C=O) groups is 1. The molecule has 0 spiro atoms. The van der Waals surface area contributed by atoms with E-state index in [-0.39, 0.29) is 29.0 Å². The Kier molecular flexibility index (Phi) is 5.88. The lowest BCUT2D eigenvalue weighted by Gasteiger charge is -2.30. The van der Waals surface area contributed by atoms with Crippen molar-refractivity contribution >= 4 is 15.9 Å². The second-order valence-electron chi connectivity index (χ2n) is 7.29. The maximum absolute atomic E-state index is 12.9. The van der Waals surface area contributed by atoms with E-state index < -0.39 is 10.0 Å². The Hall–Kier alpha value is -3.42. The minimum atomic E-state index is -3.60. The van der Waals surface area contributed by atoms with Gasteiger partial charge in [-0.1, -0.05) is 0 Å². The molecule has 0 bridgehead atoms. The van der Waals surface area contributed by atoms with Crippen LogP contribution in [0.4, 0.5) is 0 Å². The van der Waals surface area contributed by atoms with Crippen LogP contribution in [0.25, 0.3) is 0 Å². The van der Waals surface area contributed by atoms with Crippen molar-refractivity contribution in [3.63, 3.8) is 0 Å². The number of piperidine rings is 1. The van der Waals surface area contributed by atoms with Gasteiger partial charge in [-0.3, -0.25) is 9.89 Å². The predicted molar refractivity (Wildman–Crippen MR) is 110 cm³/mol. The van der Waals surface area contributed by atoms with Crippen LogP contribution >= 0.6 is 0 Å². The van der Waals surface area contributed by atoms with Gasteiger partial charge in [0.05, 0.1) is 29.3 Å². The summed E-state index contributed by atoms with van der Waals surface area (Å²) >= 11 is 0. The highest BCUT2D eigenvalue weighted by atomic mass is 32.2. The Morgan fingerprint density at radius 3 is 2.65 bits per heavy atom. The fourth-order valence-corrected chi connectivity index (χ4v) is 5.06. The SMILES string of the molecule is N#Cc1ccc(S(=O)(=O)N2CCC(c3cc(C(=O)NCc4ccco4)n[nH]3)CC2)cc1. The molecular formula is C21H21N5O4S. The lowest BCUT2D eigenvalue weighted by molar-refractivity contribution is 0.0943. The van der Waals surface area contributed by atoms with Gasteiger partial charge in [-0.05, 0) is 55.3 Å². The van der Waals surface area contributed by atoms with Crippen molar-refractivity contribution in [1.82, 2.24) is 19.8 Å². The summed E-state index contributed by atoms with van der Waals surface area (Å²) in [5.41, 5.74) is 1.52. The molecule has 10 heteroatoms. The number of amides is 1. The molecule has 1 amide bonds. The van der Waals surface area contributed by atoms with Crippen molar-refractivity contribution in [2.24, 2.45) is 0 Å². The van der Waals surface area contributed by atoms with E-state index in [1.807, 2.05) is 6.07 Å². The highest BCUT2D eigenvalue weighted by molar-refractivity contribution is 7.89. The second kappa shape index (κ2) is 8.75. The Morgan fingerprint density at radius 2 is 2.00 bits per heavy atom. The third kappa shape index (κ3) is 4.52. The van der Waals surface area contributed by atoms with Crippen molar-refractivity contribution in [3.05, 3.63) is 71.4 Å². The topological polar surface area (TPSA) is 132 Å². The van der Waals surface area contributed by atoms with E-state index in [0.717, 1.165) is 5.69 Å². The molecule has 3 aromatic rings. The molecule has 1 fully saturated rings. The quantitative estimate of drug-likeness (QED) is 0.606. The Balaban J connectivity index is 1.35. The van der Waals surface area contributed by atoms with Gasteiger partial charge in [0.25, 0.3) is 5.91 Å². The molecule has 4 rings (SSSR count). The maximum atomic E-state index is 12.9. The maximum Gasteiger partial charge on any atom is 0.272 e. The van der Waals surface area contributed by atoms with Crippen molar-refractivity contribution in [2.45, 2.75) is 30.2 Å². The molecule has 0 atom stereocenters. The molecule has 2 aromatic heterocycles. The molecule has 9 nitrogen and oxygen atoms in total. The summed E-state index contributed by atoms with van der Waals surface area (Å²) in [7, 11) is -3.60. The number of aromatic amines is 1. The van der Waals surface area contributed by atoms with Gasteiger partial charge in [0.15, 0.2) is 0 Å². The Labute approximate surface area is 179 Å². The second-order valence-corrected chi connectivity index (χ2v) is 9.22. The summed E-state index contributed by atoms with van der Waals surface area (Å²) in [6.45, 7) is 1.01. The number of H-pyrrole nitrogens is 1. The van der Waals surface area contributed by atoms with Crippen LogP contribution in [0.15, 0.2) is 58.0 Å². The molecule has 0 saturated carbocycles. The lowest BCUT2D eigenvalue weighted by Crippen LogP contribution is -2.37. The molecule has 0 aliphatic carbocycles. The van der Waals surface area contributed by atoms with Crippen LogP contribution in [0.3, 0.4) is 0 Å². The van der Waals surface area contributed by atoms with Crippen LogP contribution in [0.1, 0.15) is 46.3 Å². The third-order valence-corrected chi connectivity index (χ3v) is 7.26. The molecular weight excluding hydrogens is 418 g/mol. The first-order valence-corrected chi connectivity index (χ1v) is 11.3. The number of hydrogen-bond donors (Lipinski definition) is 2. The van der Waals surface area contributed by atoms with Crippen molar-refractivity contribution in [1.29, 1.82) is 5.26 Å². The van der Waals surface area contributed by atoms with Gasteiger partial charge in [0.2, 0.25) is 10.0 Å². The van der Waals surface area contributed by atoms with Gasteiger partial charge in [-0.2, -0.15) is 14.7 Å². The van der Waals surface area contributed by atoms with Gasteiger partial charge in [0.1, 0.15) is 11.5 Å². The standard InChI is InChI=1S/C21H21N5O4S/c22-13-15-3-5-18(6-4-15)31(28,29)26-9-7-16(8-10-26)19-12-20(25-24-19)21(27)23-14-17-2-1-11-30-17/h1-6,11-12,16H,7-10,14H2,(H,23,27)(H,24,25). The number of sulfonamides is 1. The molecule has 1 aliphatic rings. The van der Waals surface area contributed by atoms with Crippen LogP contribution < -0.4 is 5.32 Å². The van der Waals surface area contributed by atoms with E-state index in [4.69, 9.17) is 9.68 Å². The van der Waals surface area contributed by atoms with Crippen LogP contribution in [0.2, 0.25) is 0 Å². The fraction of sp³-hybridized carbons (Fsp3) is 0.286. The average Bonchev–Trinajstić information content (AvgIpc) is 3.50. The first-order valence-electron chi connectivity index (χ1n) is 9.83. The normalized spacial score (nSPS) is 15.5. The van der Waals surface area contributed by atoms with Gasteiger partial charge >= 0.3 is 0 Å². The van der Waals surface area contributed by atoms with E-state index in [9.17, 15) is 13.2 Å². The van der Waals surface area contributed by atoms with Gasteiger partial charge < -0.3 is 9.73 Å². The number of carbonyl (C=O) groups excluding carboxylic acids is 1. The van der Waals surface area contributed by atoms with Gasteiger partial charge in [-0.15, -0.1) is 0 Å². The zero-order chi connectivity index (χ0) is 21.8. The zero-order valence-corrected chi connectivity index (χ0v) is 17.4. The monoisotopic (exact) mass is 439 g/mol. The number of aromatic nitrogens is 2. The molecule has 1 aromatic carbocycles. The molecule has 0 unspecified atom stereocenters. The van der Waals surface area contributed by atoms with Crippen LogP contribution in [0, 0.1) is 11.3 Å². The number of hydrogen-bond acceptors (Lipinski definition) is 6. The number of nitrogens with one attached hydrogen (secondary N) is 2. The molecule has 1 aliphatic heterocycles. The summed E-state index contributed by atoms with van der Waals surface area (Å²) in [5.74, 6) is 0.436. The summed E-state index contributed by atoms with van der Waals surface area (Å²) in [5, 5.41) is 18.6. The van der Waals surface area contributed by atoms with Crippen molar-refractivity contribution < 1.29 is 17.6 Å². The average molecular weight is 439 g/mol. The number of furan rings is 1. The minimum Gasteiger partial charge on any atom is -0.467 e. The zero-order valence-electron chi connectivity index (χ0n) is 16.6. The predicted octanol–water partition coefficient (Wildman–Crippen LogP) is 2.37. The number of nitrogens with zero attached hydrogens (tertiary/aromatic N) is 3. The summed E-state index contributed by atoms with van der Waals surface area (Å²) in [6, 6.07) is 13.2. The van der Waals surface area contributed by atoms with E-state index in [1.54, 1.807) is 24.5 Å². The summed E-state index contributed by atoms with van der Waals surface area (Å²) < 4.78 is 32.4. The first-order chi connectivity index (χ1) is 15.0. The molecule has 160 valence electrons. The highest BCUT2D eigenvalue weighted by Crippen LogP contribution is 2.30. The molecule has 2 N–H and O–H groups in total. The van der Waals surface area contributed by atoms with Gasteiger partial charge in [-0.25, -0.2) is 8.42 Å². The van der Waals surface area contributed by atoms with Crippen LogP contribution in [-0.4, -0.2) is 41.9 Å². The fourth-order valence-electron chi connectivity index (χ4n) is 3.59. The van der Waals surface area contributed by atoms with Crippen molar-refractivity contribution in [2.75, 3.05) is 13.1 Å². The molecule has 0 radical (unpaired) electrons. The number of benzene rings is 1. The number of nitriles is 1. The van der Waals surface area contributed by atoms with Gasteiger partial charge in [0, 0.05) is 24.7 Å². The Bertz CT molecular complexity index is 1190. The third-order valence-electron chi connectivity index (χ3n) is 5.35. The van der Waals surface area contributed by atoms with E-state index in [0.29, 0.717) is 37.3 Å². The molecule has 1 saturated heterocycles. The number of rotatable bonds is 6. The minimum absolute atomic E-state index is 0.0894. The lowest BCUT2D eigenvalue weighted by atomic mass is 9.94. The summed E-state index contributed by atoms with van der Waals surface area (Å²) in [4.78, 5) is 12.5. The largest absolute Gasteiger partial charge is 0.467 e. The highest BCUT2D eigenvalue weighted by Gasteiger charge is 2.31. The molecule has 31 heavy (non-hydrogen) atoms. The summed E-state index contributed by atoms with van der Waals surface area (Å²) in [6.07, 6.45) is 2.78.